The molecular formula is C21H24F3N5O. The van der Waals surface area contributed by atoms with E-state index in [0.29, 0.717) is 30.0 Å². The second-order valence-electron chi connectivity index (χ2n) is 7.38. The van der Waals surface area contributed by atoms with Crippen LogP contribution < -0.4 is 0 Å². The van der Waals surface area contributed by atoms with E-state index >= 15 is 0 Å². The van der Waals surface area contributed by atoms with Crippen molar-refractivity contribution in [2.75, 3.05) is 6.54 Å². The predicted molar refractivity (Wildman–Crippen MR) is 106 cm³/mol. The molecular weight excluding hydrogens is 395 g/mol. The molecule has 0 N–H and O–H groups in total. The molecule has 1 amide bonds. The Labute approximate surface area is 172 Å². The van der Waals surface area contributed by atoms with Gasteiger partial charge in [-0.25, -0.2) is 9.50 Å². The number of fused-ring (bicyclic) bond motifs is 1. The average molecular weight is 419 g/mol. The Balaban J connectivity index is 1.88. The lowest BCUT2D eigenvalue weighted by Crippen LogP contribution is -2.33. The molecule has 0 radical (unpaired) electrons. The van der Waals surface area contributed by atoms with Gasteiger partial charge < -0.3 is 4.90 Å². The second kappa shape index (κ2) is 8.41. The van der Waals surface area contributed by atoms with E-state index in [-0.39, 0.29) is 18.1 Å². The van der Waals surface area contributed by atoms with Crippen LogP contribution in [0.2, 0.25) is 0 Å². The number of hydrogen-bond acceptors (Lipinski definition) is 4. The summed E-state index contributed by atoms with van der Waals surface area (Å²) in [7, 11) is 0. The molecule has 0 fully saturated rings. The number of carbonyl (C=O) groups is 1. The summed E-state index contributed by atoms with van der Waals surface area (Å²) in [6.07, 6.45) is -3.82. The van der Waals surface area contributed by atoms with E-state index in [4.69, 9.17) is 0 Å². The van der Waals surface area contributed by atoms with E-state index in [1.807, 2.05) is 38.1 Å². The van der Waals surface area contributed by atoms with Crippen LogP contribution in [0.1, 0.15) is 47.2 Å². The third-order valence-corrected chi connectivity index (χ3v) is 4.97. The van der Waals surface area contributed by atoms with Gasteiger partial charge in [-0.15, -0.1) is 5.10 Å². The number of aromatic nitrogens is 4. The maximum Gasteiger partial charge on any atom is 0.453 e. The van der Waals surface area contributed by atoms with Crippen LogP contribution in [0.4, 0.5) is 13.2 Å². The molecule has 2 heterocycles. The molecule has 0 spiro atoms. The number of nitrogens with zero attached hydrogens (tertiary/aromatic N) is 5. The molecule has 9 heteroatoms. The van der Waals surface area contributed by atoms with Crippen molar-refractivity contribution >= 4 is 11.7 Å². The SMILES string of the molecule is CCCN(Cc1ccc(C)cc1)C(=O)Cc1c(C)nc2nc(C(F)(F)F)nn2c1C. The lowest BCUT2D eigenvalue weighted by atomic mass is 10.1. The monoisotopic (exact) mass is 419 g/mol. The van der Waals surface area contributed by atoms with Gasteiger partial charge in [0.05, 0.1) is 6.42 Å². The second-order valence-corrected chi connectivity index (χ2v) is 7.38. The highest BCUT2D eigenvalue weighted by molar-refractivity contribution is 5.79. The summed E-state index contributed by atoms with van der Waals surface area (Å²) in [4.78, 5) is 22.4. The molecule has 0 saturated heterocycles. The van der Waals surface area contributed by atoms with Crippen LogP contribution in [0, 0.1) is 20.8 Å². The molecule has 0 aliphatic heterocycles. The highest BCUT2D eigenvalue weighted by Gasteiger charge is 2.37. The highest BCUT2D eigenvalue weighted by Crippen LogP contribution is 2.27. The van der Waals surface area contributed by atoms with Crippen LogP contribution in [0.15, 0.2) is 24.3 Å². The number of carbonyl (C=O) groups excluding carboxylic acids is 1. The Hall–Kier alpha value is -2.97. The van der Waals surface area contributed by atoms with Crippen LogP contribution in [0.5, 0.6) is 0 Å². The van der Waals surface area contributed by atoms with E-state index in [1.165, 1.54) is 0 Å². The Morgan fingerprint density at radius 2 is 1.77 bits per heavy atom. The number of halogens is 3. The molecule has 6 nitrogen and oxygen atoms in total. The first kappa shape index (κ1) is 21.7. The van der Waals surface area contributed by atoms with Crippen molar-refractivity contribution in [2.45, 2.75) is 53.3 Å². The van der Waals surface area contributed by atoms with Gasteiger partial charge in [0.2, 0.25) is 5.91 Å². The number of alkyl halides is 3. The van der Waals surface area contributed by atoms with Crippen LogP contribution in [-0.4, -0.2) is 36.9 Å². The lowest BCUT2D eigenvalue weighted by Gasteiger charge is -2.23. The zero-order chi connectivity index (χ0) is 22.1. The normalized spacial score (nSPS) is 11.8. The Kier molecular flexibility index (Phi) is 6.09. The summed E-state index contributed by atoms with van der Waals surface area (Å²) < 4.78 is 40.0. The van der Waals surface area contributed by atoms with Gasteiger partial charge in [-0.1, -0.05) is 36.8 Å². The van der Waals surface area contributed by atoms with Crippen molar-refractivity contribution in [1.82, 2.24) is 24.5 Å². The molecule has 0 saturated carbocycles. The summed E-state index contributed by atoms with van der Waals surface area (Å²) in [5.74, 6) is -1.48. The Bertz CT molecular complexity index is 1060. The molecule has 0 atom stereocenters. The minimum Gasteiger partial charge on any atom is -0.338 e. The van der Waals surface area contributed by atoms with Gasteiger partial charge in [-0.2, -0.15) is 18.2 Å². The fourth-order valence-corrected chi connectivity index (χ4v) is 3.32. The van der Waals surface area contributed by atoms with E-state index in [0.717, 1.165) is 22.1 Å². The number of hydrogen-bond donors (Lipinski definition) is 0. The van der Waals surface area contributed by atoms with Crippen LogP contribution >= 0.6 is 0 Å². The molecule has 160 valence electrons. The maximum absolute atomic E-state index is 13.1. The van der Waals surface area contributed by atoms with Crippen molar-refractivity contribution in [2.24, 2.45) is 0 Å². The summed E-state index contributed by atoms with van der Waals surface area (Å²) in [5.41, 5.74) is 3.64. The summed E-state index contributed by atoms with van der Waals surface area (Å²) in [5, 5.41) is 3.54. The Morgan fingerprint density at radius 1 is 1.10 bits per heavy atom. The van der Waals surface area contributed by atoms with Gasteiger partial charge in [0.25, 0.3) is 11.6 Å². The van der Waals surface area contributed by atoms with Crippen LogP contribution in [0.25, 0.3) is 5.78 Å². The lowest BCUT2D eigenvalue weighted by molar-refractivity contribution is -0.144. The van der Waals surface area contributed by atoms with Crippen molar-refractivity contribution in [3.05, 3.63) is 58.2 Å². The number of aryl methyl sites for hydroxylation is 3. The third kappa shape index (κ3) is 4.60. The number of rotatable bonds is 6. The van der Waals surface area contributed by atoms with Crippen LogP contribution in [0.3, 0.4) is 0 Å². The van der Waals surface area contributed by atoms with E-state index in [2.05, 4.69) is 15.1 Å². The first-order valence-corrected chi connectivity index (χ1v) is 9.73. The molecule has 3 aromatic rings. The largest absolute Gasteiger partial charge is 0.453 e. The van der Waals surface area contributed by atoms with E-state index in [9.17, 15) is 18.0 Å². The van der Waals surface area contributed by atoms with Gasteiger partial charge >= 0.3 is 6.18 Å². The molecule has 0 aliphatic rings. The molecule has 3 rings (SSSR count). The van der Waals surface area contributed by atoms with Crippen LogP contribution in [-0.2, 0) is 23.9 Å². The molecule has 1 aromatic carbocycles. The van der Waals surface area contributed by atoms with E-state index in [1.54, 1.807) is 18.7 Å². The van der Waals surface area contributed by atoms with Crippen molar-refractivity contribution in [3.8, 4) is 0 Å². The van der Waals surface area contributed by atoms with Crippen molar-refractivity contribution in [1.29, 1.82) is 0 Å². The fourth-order valence-electron chi connectivity index (χ4n) is 3.32. The highest BCUT2D eigenvalue weighted by atomic mass is 19.4. The quantitative estimate of drug-likeness (QED) is 0.605. The topological polar surface area (TPSA) is 63.4 Å². The molecule has 2 aromatic heterocycles. The number of amides is 1. The molecule has 0 unspecified atom stereocenters. The molecule has 30 heavy (non-hydrogen) atoms. The Morgan fingerprint density at radius 3 is 2.37 bits per heavy atom. The van der Waals surface area contributed by atoms with Crippen molar-refractivity contribution in [3.63, 3.8) is 0 Å². The van der Waals surface area contributed by atoms with Gasteiger partial charge in [0.1, 0.15) is 0 Å². The smallest absolute Gasteiger partial charge is 0.338 e. The van der Waals surface area contributed by atoms with Gasteiger partial charge in [0, 0.05) is 30.0 Å². The zero-order valence-corrected chi connectivity index (χ0v) is 17.4. The minimum absolute atomic E-state index is 0.0354. The van der Waals surface area contributed by atoms with Crippen molar-refractivity contribution < 1.29 is 18.0 Å². The fraction of sp³-hybridized carbons (Fsp3) is 0.429. The summed E-state index contributed by atoms with van der Waals surface area (Å²) in [6, 6.07) is 7.98. The van der Waals surface area contributed by atoms with Gasteiger partial charge in [-0.3, -0.25) is 4.79 Å². The van der Waals surface area contributed by atoms with E-state index < -0.39 is 12.0 Å². The average Bonchev–Trinajstić information content (AvgIpc) is 3.11. The third-order valence-electron chi connectivity index (χ3n) is 4.97. The van der Waals surface area contributed by atoms with Gasteiger partial charge in [-0.05, 0) is 32.8 Å². The minimum atomic E-state index is -4.66. The molecule has 0 bridgehead atoms. The first-order valence-electron chi connectivity index (χ1n) is 9.73. The summed E-state index contributed by atoms with van der Waals surface area (Å²) >= 11 is 0. The zero-order valence-electron chi connectivity index (χ0n) is 17.4. The summed E-state index contributed by atoms with van der Waals surface area (Å²) in [6.45, 7) is 8.35. The molecule has 0 aliphatic carbocycles. The van der Waals surface area contributed by atoms with Gasteiger partial charge in [0.15, 0.2) is 0 Å². The first-order chi connectivity index (χ1) is 14.1. The predicted octanol–water partition coefficient (Wildman–Crippen LogP) is 4.05. The standard InChI is InChI=1S/C21H24F3N5O/c1-5-10-28(12-16-8-6-13(2)7-9-16)18(30)11-17-14(3)25-20-26-19(21(22,23)24)27-29(20)15(17)4/h6-9H,5,10-12H2,1-4H3. The number of benzene rings is 1. The maximum atomic E-state index is 13.1.